The zero-order valence-electron chi connectivity index (χ0n) is 10.6. The van der Waals surface area contributed by atoms with Gasteiger partial charge in [-0.1, -0.05) is 6.92 Å². The molecule has 0 bridgehead atoms. The van der Waals surface area contributed by atoms with Crippen molar-refractivity contribution < 1.29 is 0 Å². The van der Waals surface area contributed by atoms with Crippen molar-refractivity contribution in [3.8, 4) is 0 Å². The quantitative estimate of drug-likeness (QED) is 0.850. The maximum atomic E-state index is 5.76. The van der Waals surface area contributed by atoms with Crippen molar-refractivity contribution in [1.82, 2.24) is 14.8 Å². The Kier molecular flexibility index (Phi) is 4.34. The minimum atomic E-state index is 0.805. The molecule has 1 aromatic heterocycles. The Balaban J connectivity index is 1.82. The molecule has 0 atom stereocenters. The van der Waals surface area contributed by atoms with Crippen LogP contribution in [0.2, 0.25) is 0 Å². The van der Waals surface area contributed by atoms with Crippen LogP contribution in [0.4, 0.5) is 5.69 Å². The molecule has 0 aromatic carbocycles. The second-order valence-corrected chi connectivity index (χ2v) is 4.70. The first-order chi connectivity index (χ1) is 8.28. The van der Waals surface area contributed by atoms with Crippen LogP contribution in [0.25, 0.3) is 0 Å². The molecule has 94 valence electrons. The summed E-state index contributed by atoms with van der Waals surface area (Å²) in [7, 11) is 0. The van der Waals surface area contributed by atoms with Crippen molar-refractivity contribution in [3.63, 3.8) is 0 Å². The molecule has 0 amide bonds. The zero-order valence-corrected chi connectivity index (χ0v) is 10.6. The number of piperazine rings is 1. The zero-order chi connectivity index (χ0) is 12.1. The van der Waals surface area contributed by atoms with Gasteiger partial charge in [0.1, 0.15) is 0 Å². The van der Waals surface area contributed by atoms with Crippen molar-refractivity contribution in [1.29, 1.82) is 0 Å². The predicted octanol–water partition coefficient (Wildman–Crippen LogP) is 1.19. The Morgan fingerprint density at radius 3 is 2.59 bits per heavy atom. The monoisotopic (exact) mass is 234 g/mol. The van der Waals surface area contributed by atoms with E-state index in [4.69, 9.17) is 5.73 Å². The molecule has 17 heavy (non-hydrogen) atoms. The third kappa shape index (κ3) is 3.68. The molecule has 2 heterocycles. The van der Waals surface area contributed by atoms with Crippen molar-refractivity contribution in [3.05, 3.63) is 24.0 Å². The Labute approximate surface area is 103 Å². The Morgan fingerprint density at radius 2 is 1.94 bits per heavy atom. The van der Waals surface area contributed by atoms with Crippen LogP contribution in [0.1, 0.15) is 19.0 Å². The number of pyridine rings is 1. The Hall–Kier alpha value is -1.13. The molecular formula is C13H22N4. The van der Waals surface area contributed by atoms with E-state index in [0.29, 0.717) is 0 Å². The second-order valence-electron chi connectivity index (χ2n) is 4.70. The maximum Gasteiger partial charge on any atom is 0.0564 e. The number of aromatic nitrogens is 1. The average Bonchev–Trinajstić information content (AvgIpc) is 2.32. The highest BCUT2D eigenvalue weighted by Gasteiger charge is 2.16. The summed E-state index contributed by atoms with van der Waals surface area (Å²) < 4.78 is 0. The van der Waals surface area contributed by atoms with Gasteiger partial charge in [0.2, 0.25) is 0 Å². The molecule has 0 unspecified atom stereocenters. The number of hydrogen-bond acceptors (Lipinski definition) is 4. The molecule has 2 N–H and O–H groups in total. The fourth-order valence-corrected chi connectivity index (χ4v) is 2.30. The van der Waals surface area contributed by atoms with E-state index in [-0.39, 0.29) is 0 Å². The van der Waals surface area contributed by atoms with Crippen LogP contribution in [0.5, 0.6) is 0 Å². The number of anilines is 1. The van der Waals surface area contributed by atoms with Crippen LogP contribution in [0, 0.1) is 0 Å². The standard InChI is InChI=1S/C13H22N4/c1-2-5-16-6-8-17(9-7-16)11-13-10-12(14)3-4-15-13/h3-4,10H,2,5-9,11H2,1H3,(H2,14,15). The van der Waals surface area contributed by atoms with Crippen LogP contribution in [0.15, 0.2) is 18.3 Å². The first-order valence-electron chi connectivity index (χ1n) is 6.43. The lowest BCUT2D eigenvalue weighted by atomic mass is 10.2. The van der Waals surface area contributed by atoms with E-state index in [2.05, 4.69) is 21.7 Å². The van der Waals surface area contributed by atoms with Gasteiger partial charge in [0.05, 0.1) is 5.69 Å². The first-order valence-corrected chi connectivity index (χ1v) is 6.43. The van der Waals surface area contributed by atoms with Gasteiger partial charge in [0.15, 0.2) is 0 Å². The number of rotatable bonds is 4. The van der Waals surface area contributed by atoms with Crippen molar-refractivity contribution in [2.45, 2.75) is 19.9 Å². The molecule has 0 saturated carbocycles. The highest BCUT2D eigenvalue weighted by Crippen LogP contribution is 2.09. The SMILES string of the molecule is CCCN1CCN(Cc2cc(N)ccn2)CC1. The molecule has 4 nitrogen and oxygen atoms in total. The second kappa shape index (κ2) is 5.98. The summed E-state index contributed by atoms with van der Waals surface area (Å²) >= 11 is 0. The van der Waals surface area contributed by atoms with Crippen LogP contribution >= 0.6 is 0 Å². The summed E-state index contributed by atoms with van der Waals surface area (Å²) in [4.78, 5) is 9.34. The number of nitrogens with zero attached hydrogens (tertiary/aromatic N) is 3. The van der Waals surface area contributed by atoms with E-state index in [0.717, 1.165) is 31.0 Å². The van der Waals surface area contributed by atoms with E-state index in [1.807, 2.05) is 12.1 Å². The molecule has 1 aliphatic heterocycles. The van der Waals surface area contributed by atoms with Crippen LogP contribution in [-0.2, 0) is 6.54 Å². The van der Waals surface area contributed by atoms with Crippen molar-refractivity contribution in [2.75, 3.05) is 38.5 Å². The molecule has 1 aromatic rings. The molecule has 0 radical (unpaired) electrons. The molecule has 2 rings (SSSR count). The van der Waals surface area contributed by atoms with E-state index >= 15 is 0 Å². The lowest BCUT2D eigenvalue weighted by Crippen LogP contribution is -2.46. The topological polar surface area (TPSA) is 45.4 Å². The third-order valence-electron chi connectivity index (χ3n) is 3.23. The van der Waals surface area contributed by atoms with Crippen molar-refractivity contribution >= 4 is 5.69 Å². The van der Waals surface area contributed by atoms with Gasteiger partial charge in [0.25, 0.3) is 0 Å². The van der Waals surface area contributed by atoms with Crippen LogP contribution in [0.3, 0.4) is 0 Å². The summed E-state index contributed by atoms with van der Waals surface area (Å²) in [5, 5.41) is 0. The van der Waals surface area contributed by atoms with Gasteiger partial charge < -0.3 is 10.6 Å². The average molecular weight is 234 g/mol. The maximum absolute atomic E-state index is 5.76. The summed E-state index contributed by atoms with van der Waals surface area (Å²) in [6.07, 6.45) is 3.04. The normalized spacial score (nSPS) is 18.4. The lowest BCUT2D eigenvalue weighted by molar-refractivity contribution is 0.126. The third-order valence-corrected chi connectivity index (χ3v) is 3.23. The number of nitrogens with two attached hydrogens (primary N) is 1. The largest absolute Gasteiger partial charge is 0.399 e. The summed E-state index contributed by atoms with van der Waals surface area (Å²) in [5.41, 5.74) is 7.64. The summed E-state index contributed by atoms with van der Waals surface area (Å²) in [5.74, 6) is 0. The fourth-order valence-electron chi connectivity index (χ4n) is 2.30. The van der Waals surface area contributed by atoms with Gasteiger partial charge in [-0.2, -0.15) is 0 Å². The molecule has 0 spiro atoms. The molecule has 1 fully saturated rings. The Morgan fingerprint density at radius 1 is 1.24 bits per heavy atom. The molecular weight excluding hydrogens is 212 g/mol. The van der Waals surface area contributed by atoms with E-state index < -0.39 is 0 Å². The number of nitrogen functional groups attached to an aromatic ring is 1. The van der Waals surface area contributed by atoms with E-state index in [1.54, 1.807) is 6.20 Å². The van der Waals surface area contributed by atoms with E-state index in [1.165, 1.54) is 26.1 Å². The molecule has 4 heteroatoms. The van der Waals surface area contributed by atoms with Gasteiger partial charge >= 0.3 is 0 Å². The smallest absolute Gasteiger partial charge is 0.0564 e. The Bertz CT molecular complexity index is 345. The van der Waals surface area contributed by atoms with Crippen molar-refractivity contribution in [2.24, 2.45) is 0 Å². The minimum absolute atomic E-state index is 0.805. The highest BCUT2D eigenvalue weighted by molar-refractivity contribution is 5.37. The highest BCUT2D eigenvalue weighted by atomic mass is 15.3. The first kappa shape index (κ1) is 12.3. The number of hydrogen-bond donors (Lipinski definition) is 1. The van der Waals surface area contributed by atoms with Gasteiger partial charge in [-0.25, -0.2) is 0 Å². The van der Waals surface area contributed by atoms with E-state index in [9.17, 15) is 0 Å². The lowest BCUT2D eigenvalue weighted by Gasteiger charge is -2.34. The van der Waals surface area contributed by atoms with Gasteiger partial charge in [0, 0.05) is 44.6 Å². The molecule has 1 saturated heterocycles. The van der Waals surface area contributed by atoms with Crippen LogP contribution < -0.4 is 5.73 Å². The van der Waals surface area contributed by atoms with Gasteiger partial charge in [-0.15, -0.1) is 0 Å². The molecule has 0 aliphatic carbocycles. The van der Waals surface area contributed by atoms with Crippen LogP contribution in [-0.4, -0.2) is 47.5 Å². The summed E-state index contributed by atoms with van der Waals surface area (Å²) in [6.45, 7) is 9.01. The molecule has 1 aliphatic rings. The van der Waals surface area contributed by atoms with Gasteiger partial charge in [-0.3, -0.25) is 9.88 Å². The predicted molar refractivity (Wildman–Crippen MR) is 70.7 cm³/mol. The fraction of sp³-hybridized carbons (Fsp3) is 0.615. The van der Waals surface area contributed by atoms with Gasteiger partial charge in [-0.05, 0) is 25.1 Å². The summed E-state index contributed by atoms with van der Waals surface area (Å²) in [6, 6.07) is 3.81. The minimum Gasteiger partial charge on any atom is -0.399 e.